The van der Waals surface area contributed by atoms with Crippen molar-refractivity contribution in [2.45, 2.75) is 6.54 Å². The van der Waals surface area contributed by atoms with Gasteiger partial charge in [-0.15, -0.1) is 0 Å². The third-order valence-corrected chi connectivity index (χ3v) is 3.44. The van der Waals surface area contributed by atoms with Gasteiger partial charge in [0, 0.05) is 5.56 Å². The van der Waals surface area contributed by atoms with Gasteiger partial charge in [0.25, 0.3) is 5.91 Å². The van der Waals surface area contributed by atoms with Crippen LogP contribution in [0.5, 0.6) is 0 Å². The van der Waals surface area contributed by atoms with Gasteiger partial charge < -0.3 is 9.84 Å². The quantitative estimate of drug-likeness (QED) is 0.731. The molecule has 0 radical (unpaired) electrons. The second-order valence-electron chi connectivity index (χ2n) is 4.52. The molecule has 6 nitrogen and oxygen atoms in total. The van der Waals surface area contributed by atoms with Gasteiger partial charge in [-0.05, 0) is 12.1 Å². The molecule has 3 rings (SSSR count). The van der Waals surface area contributed by atoms with Crippen LogP contribution in [0, 0.1) is 0 Å². The van der Waals surface area contributed by atoms with Gasteiger partial charge >= 0.3 is 0 Å². The van der Waals surface area contributed by atoms with Crippen molar-refractivity contribution in [3.8, 4) is 11.4 Å². The second-order valence-corrected chi connectivity index (χ2v) is 5.32. The Kier molecular flexibility index (Phi) is 4.55. The zero-order valence-corrected chi connectivity index (χ0v) is 13.2. The van der Waals surface area contributed by atoms with Crippen molar-refractivity contribution >= 4 is 29.1 Å². The van der Waals surface area contributed by atoms with Crippen LogP contribution < -0.4 is 5.32 Å². The minimum Gasteiger partial charge on any atom is -0.342 e. The topological polar surface area (TPSA) is 80.9 Å². The van der Waals surface area contributed by atoms with E-state index in [0.29, 0.717) is 5.82 Å². The predicted octanol–water partition coefficient (Wildman–Crippen LogP) is 3.37. The zero-order chi connectivity index (χ0) is 16.2. The van der Waals surface area contributed by atoms with Crippen LogP contribution in [-0.2, 0) is 6.54 Å². The van der Waals surface area contributed by atoms with E-state index in [1.807, 2.05) is 30.3 Å². The number of amides is 1. The molecule has 0 bridgehead atoms. The number of carbonyl (C=O) groups excluding carboxylic acids is 1. The summed E-state index contributed by atoms with van der Waals surface area (Å²) in [6.07, 6.45) is 0. The minimum atomic E-state index is -0.475. The van der Waals surface area contributed by atoms with E-state index in [0.717, 1.165) is 5.56 Å². The highest BCUT2D eigenvalue weighted by atomic mass is 35.5. The number of hydrogen-bond acceptors (Lipinski definition) is 5. The number of nitrogens with zero attached hydrogens (tertiary/aromatic N) is 3. The molecule has 0 fully saturated rings. The molecule has 3 aromatic rings. The van der Waals surface area contributed by atoms with Crippen LogP contribution in [0.15, 0.2) is 47.0 Å². The van der Waals surface area contributed by atoms with Gasteiger partial charge in [0.05, 0.1) is 11.6 Å². The molecule has 0 aliphatic carbocycles. The molecule has 0 aliphatic rings. The number of hydrogen-bond donors (Lipinski definition) is 1. The molecule has 2 heterocycles. The lowest BCUT2D eigenvalue weighted by molar-refractivity contribution is 0.0941. The lowest BCUT2D eigenvalue weighted by atomic mass is 10.2. The van der Waals surface area contributed by atoms with Crippen LogP contribution in [0.25, 0.3) is 11.4 Å². The van der Waals surface area contributed by atoms with Gasteiger partial charge in [0.1, 0.15) is 10.8 Å². The molecule has 0 atom stereocenters. The first-order valence-electron chi connectivity index (χ1n) is 6.62. The Hall–Kier alpha value is -2.44. The first-order valence-corrected chi connectivity index (χ1v) is 7.37. The largest absolute Gasteiger partial charge is 0.342 e. The van der Waals surface area contributed by atoms with E-state index in [2.05, 4.69) is 20.4 Å². The number of carbonyl (C=O) groups is 1. The van der Waals surface area contributed by atoms with Gasteiger partial charge in [0.2, 0.25) is 11.7 Å². The SMILES string of the molecule is O=C(NCc1nc(-c2ccccc2)no1)c1nc(Cl)ccc1Cl. The van der Waals surface area contributed by atoms with Gasteiger partial charge in [-0.2, -0.15) is 4.98 Å². The van der Waals surface area contributed by atoms with Crippen LogP contribution in [0.4, 0.5) is 0 Å². The third-order valence-electron chi connectivity index (χ3n) is 2.93. The minimum absolute atomic E-state index is 0.0435. The Balaban J connectivity index is 1.68. The molecule has 0 saturated heterocycles. The molecular formula is C15H10Cl2N4O2. The Morgan fingerprint density at radius 2 is 1.87 bits per heavy atom. The molecule has 23 heavy (non-hydrogen) atoms. The number of pyridine rings is 1. The molecular weight excluding hydrogens is 339 g/mol. The highest BCUT2D eigenvalue weighted by Crippen LogP contribution is 2.17. The van der Waals surface area contributed by atoms with E-state index in [-0.39, 0.29) is 28.3 Å². The van der Waals surface area contributed by atoms with Crippen molar-refractivity contribution in [2.24, 2.45) is 0 Å². The Bertz CT molecular complexity index is 837. The van der Waals surface area contributed by atoms with Crippen molar-refractivity contribution in [3.05, 3.63) is 64.2 Å². The average molecular weight is 349 g/mol. The third kappa shape index (κ3) is 3.67. The molecule has 116 valence electrons. The van der Waals surface area contributed by atoms with Gasteiger partial charge in [0.15, 0.2) is 0 Å². The standard InChI is InChI=1S/C15H10Cl2N4O2/c16-10-6-7-11(17)19-13(10)15(22)18-8-12-20-14(21-23-12)9-4-2-1-3-5-9/h1-7H,8H2,(H,18,22). The van der Waals surface area contributed by atoms with E-state index < -0.39 is 5.91 Å². The summed E-state index contributed by atoms with van der Waals surface area (Å²) in [6, 6.07) is 12.4. The number of benzene rings is 1. The highest BCUT2D eigenvalue weighted by molar-refractivity contribution is 6.34. The maximum Gasteiger partial charge on any atom is 0.271 e. The summed E-state index contributed by atoms with van der Waals surface area (Å²) in [4.78, 5) is 20.2. The fraction of sp³-hybridized carbons (Fsp3) is 0.0667. The highest BCUT2D eigenvalue weighted by Gasteiger charge is 2.15. The molecule has 1 N–H and O–H groups in total. The first kappa shape index (κ1) is 15.5. The molecule has 0 unspecified atom stereocenters. The summed E-state index contributed by atoms with van der Waals surface area (Å²) in [6.45, 7) is 0.0587. The lowest BCUT2D eigenvalue weighted by Gasteiger charge is -2.03. The summed E-state index contributed by atoms with van der Waals surface area (Å²) >= 11 is 11.7. The first-order chi connectivity index (χ1) is 11.1. The number of rotatable bonds is 4. The summed E-state index contributed by atoms with van der Waals surface area (Å²) in [7, 11) is 0. The van der Waals surface area contributed by atoms with Crippen molar-refractivity contribution < 1.29 is 9.32 Å². The molecule has 1 aromatic carbocycles. The maximum atomic E-state index is 12.1. The number of aromatic nitrogens is 3. The van der Waals surface area contributed by atoms with Crippen LogP contribution in [0.3, 0.4) is 0 Å². The normalized spacial score (nSPS) is 10.5. The second kappa shape index (κ2) is 6.76. The molecule has 2 aromatic heterocycles. The van der Waals surface area contributed by atoms with Crippen LogP contribution >= 0.6 is 23.2 Å². The van der Waals surface area contributed by atoms with Crippen molar-refractivity contribution in [2.75, 3.05) is 0 Å². The Morgan fingerprint density at radius 1 is 1.09 bits per heavy atom. The lowest BCUT2D eigenvalue weighted by Crippen LogP contribution is -2.24. The van der Waals surface area contributed by atoms with E-state index in [9.17, 15) is 4.79 Å². The van der Waals surface area contributed by atoms with Crippen molar-refractivity contribution in [3.63, 3.8) is 0 Å². The predicted molar refractivity (Wildman–Crippen MR) is 85.2 cm³/mol. The van der Waals surface area contributed by atoms with Crippen molar-refractivity contribution in [1.29, 1.82) is 0 Å². The van der Waals surface area contributed by atoms with Gasteiger partial charge in [-0.3, -0.25) is 4.79 Å². The number of halogens is 2. The summed E-state index contributed by atoms with van der Waals surface area (Å²) in [5.41, 5.74) is 0.871. The smallest absolute Gasteiger partial charge is 0.271 e. The van der Waals surface area contributed by atoms with Gasteiger partial charge in [-0.1, -0.05) is 58.7 Å². The summed E-state index contributed by atoms with van der Waals surface area (Å²) in [5, 5.41) is 6.87. The number of nitrogens with one attached hydrogen (secondary N) is 1. The molecule has 0 aliphatic heterocycles. The average Bonchev–Trinajstić information content (AvgIpc) is 3.05. The van der Waals surface area contributed by atoms with Gasteiger partial charge in [-0.25, -0.2) is 4.98 Å². The van der Waals surface area contributed by atoms with E-state index in [4.69, 9.17) is 27.7 Å². The van der Waals surface area contributed by atoms with Crippen molar-refractivity contribution in [1.82, 2.24) is 20.4 Å². The van der Waals surface area contributed by atoms with Crippen LogP contribution in [0.2, 0.25) is 10.2 Å². The zero-order valence-electron chi connectivity index (χ0n) is 11.7. The maximum absolute atomic E-state index is 12.1. The van der Waals surface area contributed by atoms with E-state index in [1.54, 1.807) is 0 Å². The fourth-order valence-corrected chi connectivity index (χ4v) is 2.19. The molecule has 0 spiro atoms. The Morgan fingerprint density at radius 3 is 2.65 bits per heavy atom. The summed E-state index contributed by atoms with van der Waals surface area (Å²) in [5.74, 6) is 0.251. The molecule has 8 heteroatoms. The Labute approximate surface area is 141 Å². The summed E-state index contributed by atoms with van der Waals surface area (Å²) < 4.78 is 5.10. The van der Waals surface area contributed by atoms with Crippen LogP contribution in [-0.4, -0.2) is 21.0 Å². The monoisotopic (exact) mass is 348 g/mol. The van der Waals surface area contributed by atoms with E-state index >= 15 is 0 Å². The van der Waals surface area contributed by atoms with E-state index in [1.165, 1.54) is 12.1 Å². The molecule has 0 saturated carbocycles. The fourth-order valence-electron chi connectivity index (χ4n) is 1.85. The van der Waals surface area contributed by atoms with Crippen LogP contribution in [0.1, 0.15) is 16.4 Å². The molecule has 1 amide bonds.